The summed E-state index contributed by atoms with van der Waals surface area (Å²) in [4.78, 5) is 19.5. The SMILES string of the molecule is C=C1C(CCC)C(C(C)C=O)C=C2c3nc4cc5c(cc4c(CNCCSC)c3CN12)CCC5. The molecule has 0 saturated carbocycles. The molecule has 2 aromatic rings. The lowest BCUT2D eigenvalue weighted by Gasteiger charge is -2.39. The van der Waals surface area contributed by atoms with Crippen molar-refractivity contribution in [2.75, 3.05) is 18.6 Å². The van der Waals surface area contributed by atoms with Gasteiger partial charge >= 0.3 is 0 Å². The molecule has 0 bridgehead atoms. The summed E-state index contributed by atoms with van der Waals surface area (Å²) in [5, 5.41) is 5.00. The lowest BCUT2D eigenvalue weighted by Crippen LogP contribution is -2.34. The molecule has 1 aliphatic carbocycles. The van der Waals surface area contributed by atoms with Crippen LogP contribution in [0.2, 0.25) is 0 Å². The first-order valence-corrected chi connectivity index (χ1v) is 14.3. The maximum atomic E-state index is 11.8. The first-order valence-electron chi connectivity index (χ1n) is 12.9. The Balaban J connectivity index is 1.64. The molecule has 1 aromatic carbocycles. The van der Waals surface area contributed by atoms with Crippen LogP contribution in [0.3, 0.4) is 0 Å². The van der Waals surface area contributed by atoms with E-state index in [4.69, 9.17) is 4.98 Å². The number of hydrogen-bond acceptors (Lipinski definition) is 5. The van der Waals surface area contributed by atoms with Crippen LogP contribution in [-0.4, -0.2) is 34.7 Å². The van der Waals surface area contributed by atoms with Crippen molar-refractivity contribution in [1.82, 2.24) is 15.2 Å². The fourth-order valence-corrected chi connectivity index (χ4v) is 6.55. The lowest BCUT2D eigenvalue weighted by molar-refractivity contribution is -0.112. The second-order valence-electron chi connectivity index (χ2n) is 10.2. The zero-order valence-electron chi connectivity index (χ0n) is 20.8. The van der Waals surface area contributed by atoms with Crippen LogP contribution in [0.15, 0.2) is 30.5 Å². The third-order valence-electron chi connectivity index (χ3n) is 8.06. The molecule has 4 nitrogen and oxygen atoms in total. The summed E-state index contributed by atoms with van der Waals surface area (Å²) in [5.41, 5.74) is 10.2. The van der Waals surface area contributed by atoms with E-state index < -0.39 is 0 Å². The van der Waals surface area contributed by atoms with Crippen LogP contribution in [-0.2, 0) is 30.7 Å². The standard InChI is InChI=1S/C29H37N3OS/c1-5-7-22-19(3)32-16-26-25(15-30-10-11-34-4)24-12-20-8-6-9-21(20)13-27(24)31-29(26)28(32)14-23(22)18(2)17-33/h12-14,17-18,22-23,30H,3,5-11,15-16H2,1-2,4H3. The number of aldehydes is 1. The quantitative estimate of drug-likeness (QED) is 0.371. The molecule has 0 spiro atoms. The van der Waals surface area contributed by atoms with E-state index in [-0.39, 0.29) is 11.8 Å². The van der Waals surface area contributed by atoms with Crippen molar-refractivity contribution in [3.05, 3.63) is 58.4 Å². The van der Waals surface area contributed by atoms with Crippen molar-refractivity contribution in [2.24, 2.45) is 17.8 Å². The van der Waals surface area contributed by atoms with Crippen LogP contribution < -0.4 is 5.32 Å². The van der Waals surface area contributed by atoms with E-state index >= 15 is 0 Å². The summed E-state index contributed by atoms with van der Waals surface area (Å²) in [5.74, 6) is 1.58. The van der Waals surface area contributed by atoms with Crippen molar-refractivity contribution in [2.45, 2.75) is 59.0 Å². The van der Waals surface area contributed by atoms with Gasteiger partial charge in [-0.3, -0.25) is 0 Å². The monoisotopic (exact) mass is 475 g/mol. The zero-order chi connectivity index (χ0) is 23.8. The van der Waals surface area contributed by atoms with Gasteiger partial charge in [0.25, 0.3) is 0 Å². The van der Waals surface area contributed by atoms with E-state index in [1.165, 1.54) is 46.2 Å². The van der Waals surface area contributed by atoms with Gasteiger partial charge in [0.1, 0.15) is 6.29 Å². The molecule has 1 aromatic heterocycles. The molecular formula is C29H37N3OS. The summed E-state index contributed by atoms with van der Waals surface area (Å²) >= 11 is 1.88. The van der Waals surface area contributed by atoms with Crippen molar-refractivity contribution in [3.63, 3.8) is 0 Å². The smallest absolute Gasteiger partial charge is 0.123 e. The average Bonchev–Trinajstić information content (AvgIpc) is 3.45. The second-order valence-corrected chi connectivity index (χ2v) is 11.2. The summed E-state index contributed by atoms with van der Waals surface area (Å²) in [7, 11) is 0. The molecular weight excluding hydrogens is 438 g/mol. The molecule has 3 unspecified atom stereocenters. The van der Waals surface area contributed by atoms with E-state index in [1.54, 1.807) is 0 Å². The highest BCUT2D eigenvalue weighted by Crippen LogP contribution is 2.48. The van der Waals surface area contributed by atoms with Gasteiger partial charge in [0.2, 0.25) is 0 Å². The van der Waals surface area contributed by atoms with Gasteiger partial charge in [0.15, 0.2) is 0 Å². The minimum atomic E-state index is -0.0246. The van der Waals surface area contributed by atoms with Crippen LogP contribution in [0.25, 0.3) is 16.6 Å². The average molecular weight is 476 g/mol. The summed E-state index contributed by atoms with van der Waals surface area (Å²) in [6, 6.07) is 4.77. The molecule has 180 valence electrons. The number of rotatable bonds is 9. The second kappa shape index (κ2) is 9.87. The molecule has 1 N–H and O–H groups in total. The Kier molecular flexibility index (Phi) is 6.85. The van der Waals surface area contributed by atoms with Crippen LogP contribution in [0, 0.1) is 17.8 Å². The van der Waals surface area contributed by atoms with Gasteiger partial charge in [0, 0.05) is 47.3 Å². The number of allylic oxidation sites excluding steroid dienone is 2. The number of benzene rings is 1. The third kappa shape index (κ3) is 4.01. The minimum Gasteiger partial charge on any atom is -0.339 e. The summed E-state index contributed by atoms with van der Waals surface area (Å²) in [6.07, 6.45) is 11.4. The summed E-state index contributed by atoms with van der Waals surface area (Å²) < 4.78 is 0. The molecule has 3 aliphatic rings. The maximum absolute atomic E-state index is 11.8. The van der Waals surface area contributed by atoms with E-state index in [9.17, 15) is 4.79 Å². The molecule has 3 atom stereocenters. The number of aromatic nitrogens is 1. The summed E-state index contributed by atoms with van der Waals surface area (Å²) in [6.45, 7) is 11.5. The Morgan fingerprint density at radius 1 is 1.32 bits per heavy atom. The number of hydrogen-bond donors (Lipinski definition) is 1. The molecule has 0 fully saturated rings. The number of nitrogens with zero attached hydrogens (tertiary/aromatic N) is 2. The molecule has 5 heteroatoms. The van der Waals surface area contributed by atoms with Gasteiger partial charge < -0.3 is 15.0 Å². The minimum absolute atomic E-state index is 0.0246. The predicted octanol–water partition coefficient (Wildman–Crippen LogP) is 5.73. The maximum Gasteiger partial charge on any atom is 0.123 e. The van der Waals surface area contributed by atoms with Crippen molar-refractivity contribution in [1.29, 1.82) is 0 Å². The van der Waals surface area contributed by atoms with Gasteiger partial charge in [0.05, 0.1) is 23.5 Å². The molecule has 3 heterocycles. The normalized spacial score (nSPS) is 21.9. The number of carbonyl (C=O) groups excluding carboxylic acids is 1. The molecule has 5 rings (SSSR count). The predicted molar refractivity (Wildman–Crippen MR) is 144 cm³/mol. The number of fused-ring (bicyclic) bond motifs is 5. The van der Waals surface area contributed by atoms with Crippen LogP contribution in [0.4, 0.5) is 0 Å². The fourth-order valence-electron chi connectivity index (χ4n) is 6.21. The highest BCUT2D eigenvalue weighted by molar-refractivity contribution is 7.98. The number of pyridine rings is 1. The zero-order valence-corrected chi connectivity index (χ0v) is 21.6. The number of carbonyl (C=O) groups is 1. The number of thioether (sulfide) groups is 1. The van der Waals surface area contributed by atoms with Crippen molar-refractivity contribution in [3.8, 4) is 0 Å². The van der Waals surface area contributed by atoms with Gasteiger partial charge in [-0.25, -0.2) is 4.98 Å². The van der Waals surface area contributed by atoms with Gasteiger partial charge in [-0.05, 0) is 66.7 Å². The number of aryl methyl sites for hydroxylation is 2. The molecule has 0 amide bonds. The third-order valence-corrected chi connectivity index (χ3v) is 8.68. The molecule has 34 heavy (non-hydrogen) atoms. The van der Waals surface area contributed by atoms with Crippen LogP contribution in [0.5, 0.6) is 0 Å². The fraction of sp³-hybridized carbons (Fsp3) is 0.517. The first kappa shape index (κ1) is 23.6. The lowest BCUT2D eigenvalue weighted by atomic mass is 9.76. The molecule has 2 aliphatic heterocycles. The Bertz CT molecular complexity index is 1150. The van der Waals surface area contributed by atoms with Crippen LogP contribution >= 0.6 is 11.8 Å². The Morgan fingerprint density at radius 3 is 2.85 bits per heavy atom. The highest BCUT2D eigenvalue weighted by Gasteiger charge is 2.40. The van der Waals surface area contributed by atoms with Crippen molar-refractivity contribution < 1.29 is 4.79 Å². The van der Waals surface area contributed by atoms with E-state index in [2.05, 4.69) is 55.1 Å². The Morgan fingerprint density at radius 2 is 2.12 bits per heavy atom. The highest BCUT2D eigenvalue weighted by atomic mass is 32.2. The first-order chi connectivity index (χ1) is 16.6. The molecule has 0 saturated heterocycles. The van der Waals surface area contributed by atoms with Gasteiger partial charge in [-0.1, -0.05) is 32.9 Å². The van der Waals surface area contributed by atoms with Gasteiger partial charge in [-0.15, -0.1) is 0 Å². The van der Waals surface area contributed by atoms with Crippen molar-refractivity contribution >= 4 is 34.6 Å². The van der Waals surface area contributed by atoms with E-state index in [0.29, 0.717) is 5.92 Å². The van der Waals surface area contributed by atoms with E-state index in [0.717, 1.165) is 67.8 Å². The number of nitrogens with one attached hydrogen (secondary N) is 1. The van der Waals surface area contributed by atoms with E-state index in [1.807, 2.05) is 11.8 Å². The Hall–Kier alpha value is -2.11. The molecule has 0 radical (unpaired) electrons. The Labute approximate surface area is 208 Å². The van der Waals surface area contributed by atoms with Gasteiger partial charge in [-0.2, -0.15) is 11.8 Å². The van der Waals surface area contributed by atoms with Crippen LogP contribution in [0.1, 0.15) is 61.1 Å². The topological polar surface area (TPSA) is 45.2 Å². The largest absolute Gasteiger partial charge is 0.339 e.